The normalized spacial score (nSPS) is 14.5. The molecule has 3 aromatic rings. The lowest BCUT2D eigenvalue weighted by Crippen LogP contribution is -2.54. The summed E-state index contributed by atoms with van der Waals surface area (Å²) in [5.74, 6) is 0.999. The Morgan fingerprint density at radius 2 is 1.62 bits per heavy atom. The molecule has 0 unspecified atom stereocenters. The Balaban J connectivity index is 1.61. The largest absolute Gasteiger partial charge is 0.496 e. The van der Waals surface area contributed by atoms with Gasteiger partial charge in [0, 0.05) is 16.7 Å². The molecule has 1 N–H and O–H groups in total. The van der Waals surface area contributed by atoms with Gasteiger partial charge in [-0.15, -0.1) is 0 Å². The Labute approximate surface area is 188 Å². The first kappa shape index (κ1) is 21.4. The highest BCUT2D eigenvalue weighted by Crippen LogP contribution is 2.28. The summed E-state index contributed by atoms with van der Waals surface area (Å²) in [4.78, 5) is 18.9. The van der Waals surface area contributed by atoms with E-state index in [1.807, 2.05) is 75.4 Å². The average Bonchev–Trinajstić information content (AvgIpc) is 3.12. The van der Waals surface area contributed by atoms with Crippen LogP contribution in [0.5, 0.6) is 5.75 Å². The third kappa shape index (κ3) is 4.04. The molecule has 4 rings (SSSR count). The van der Waals surface area contributed by atoms with Gasteiger partial charge < -0.3 is 9.57 Å². The number of carbonyl (C=O) groups is 1. The number of benzene rings is 3. The maximum Gasteiger partial charge on any atom is 0.270 e. The van der Waals surface area contributed by atoms with Crippen molar-refractivity contribution in [3.05, 3.63) is 89.5 Å². The van der Waals surface area contributed by atoms with E-state index >= 15 is 0 Å². The Morgan fingerprint density at radius 3 is 2.28 bits per heavy atom. The number of nitrogens with one attached hydrogen (secondary N) is 1. The van der Waals surface area contributed by atoms with Gasteiger partial charge in [0.25, 0.3) is 5.91 Å². The van der Waals surface area contributed by atoms with E-state index in [9.17, 15) is 4.79 Å². The monoisotopic (exact) mass is 429 g/mol. The van der Waals surface area contributed by atoms with Gasteiger partial charge in [0.1, 0.15) is 5.75 Å². The van der Waals surface area contributed by atoms with Crippen LogP contribution in [0.2, 0.25) is 0 Å². The Morgan fingerprint density at radius 1 is 0.969 bits per heavy atom. The van der Waals surface area contributed by atoms with Crippen molar-refractivity contribution in [2.75, 3.05) is 7.11 Å². The van der Waals surface area contributed by atoms with E-state index in [4.69, 9.17) is 9.57 Å². The van der Waals surface area contributed by atoms with Gasteiger partial charge in [-0.1, -0.05) is 72.7 Å². The Bertz CT molecular complexity index is 1140. The molecular weight excluding hydrogens is 402 g/mol. The van der Waals surface area contributed by atoms with Gasteiger partial charge in [-0.3, -0.25) is 10.2 Å². The molecule has 0 saturated heterocycles. The van der Waals surface area contributed by atoms with E-state index in [-0.39, 0.29) is 5.91 Å². The van der Waals surface area contributed by atoms with Gasteiger partial charge in [-0.25, -0.2) is 5.01 Å². The van der Waals surface area contributed by atoms with Gasteiger partial charge in [-0.2, -0.15) is 0 Å². The highest BCUT2D eigenvalue weighted by molar-refractivity contribution is 6.03. The fraction of sp³-hybridized carbons (Fsp3) is 0.231. The number of hydrogen-bond donors (Lipinski definition) is 1. The Kier molecular flexibility index (Phi) is 5.86. The number of hydrazine groups is 1. The standard InChI is InChI=1S/C26H27N3O3/c1-5-21-22(12-9-13-23(21)31-4)25(30)27-29-24(28-32-26(29,2)3)20-16-14-19(15-17-20)18-10-7-6-8-11-18/h6-17H,5H2,1-4H3,(H,27,30). The maximum absolute atomic E-state index is 13.2. The molecule has 0 aliphatic carbocycles. The lowest BCUT2D eigenvalue weighted by molar-refractivity contribution is -0.0824. The second kappa shape index (κ2) is 8.75. The summed E-state index contributed by atoms with van der Waals surface area (Å²) in [6, 6.07) is 23.7. The fourth-order valence-corrected chi connectivity index (χ4v) is 3.80. The molecule has 0 spiro atoms. The summed E-state index contributed by atoms with van der Waals surface area (Å²) in [5, 5.41) is 5.94. The van der Waals surface area contributed by atoms with Crippen LogP contribution in [-0.4, -0.2) is 29.6 Å². The number of rotatable bonds is 6. The number of amidine groups is 1. The molecule has 6 nitrogen and oxygen atoms in total. The number of hydrogen-bond acceptors (Lipinski definition) is 5. The van der Waals surface area contributed by atoms with Crippen molar-refractivity contribution >= 4 is 11.7 Å². The molecule has 0 radical (unpaired) electrons. The van der Waals surface area contributed by atoms with Crippen molar-refractivity contribution in [2.45, 2.75) is 32.9 Å². The SMILES string of the molecule is CCc1c(OC)cccc1C(=O)NN1C(c2ccc(-c3ccccc3)cc2)=NOC1(C)C. The molecule has 1 aliphatic heterocycles. The van der Waals surface area contributed by atoms with Crippen molar-refractivity contribution < 1.29 is 14.4 Å². The summed E-state index contributed by atoms with van der Waals surface area (Å²) in [6.07, 6.45) is 0.675. The number of carbonyl (C=O) groups excluding carboxylic acids is 1. The molecule has 0 bridgehead atoms. The average molecular weight is 430 g/mol. The third-order valence-electron chi connectivity index (χ3n) is 5.52. The quantitative estimate of drug-likeness (QED) is 0.599. The number of nitrogens with zero attached hydrogens (tertiary/aromatic N) is 2. The zero-order valence-electron chi connectivity index (χ0n) is 18.8. The minimum Gasteiger partial charge on any atom is -0.496 e. The minimum absolute atomic E-state index is 0.243. The van der Waals surface area contributed by atoms with Crippen LogP contribution in [0.4, 0.5) is 0 Å². The number of oxime groups is 1. The second-order valence-corrected chi connectivity index (χ2v) is 8.01. The van der Waals surface area contributed by atoms with Crippen LogP contribution < -0.4 is 10.2 Å². The number of amides is 1. The van der Waals surface area contributed by atoms with Crippen LogP contribution in [0.25, 0.3) is 11.1 Å². The third-order valence-corrected chi connectivity index (χ3v) is 5.52. The van der Waals surface area contributed by atoms with Gasteiger partial charge in [0.2, 0.25) is 5.72 Å². The van der Waals surface area contributed by atoms with E-state index in [1.165, 1.54) is 0 Å². The molecule has 1 aliphatic rings. The van der Waals surface area contributed by atoms with Crippen molar-refractivity contribution in [1.82, 2.24) is 10.4 Å². The smallest absolute Gasteiger partial charge is 0.270 e. The van der Waals surface area contributed by atoms with E-state index in [0.717, 1.165) is 22.3 Å². The summed E-state index contributed by atoms with van der Waals surface area (Å²) < 4.78 is 5.43. The first-order valence-electron chi connectivity index (χ1n) is 10.6. The lowest BCUT2D eigenvalue weighted by atomic mass is 10.0. The van der Waals surface area contributed by atoms with Crippen molar-refractivity contribution in [1.29, 1.82) is 0 Å². The van der Waals surface area contributed by atoms with Crippen LogP contribution in [0.1, 0.15) is 42.3 Å². The minimum atomic E-state index is -0.839. The molecular formula is C26H27N3O3. The molecule has 0 aromatic heterocycles. The molecule has 0 saturated carbocycles. The first-order chi connectivity index (χ1) is 15.4. The van der Waals surface area contributed by atoms with Crippen LogP contribution in [0.3, 0.4) is 0 Å². The number of ether oxygens (including phenoxy) is 1. The van der Waals surface area contributed by atoms with Crippen LogP contribution >= 0.6 is 0 Å². The maximum atomic E-state index is 13.2. The van der Waals surface area contributed by atoms with Crippen LogP contribution in [-0.2, 0) is 11.3 Å². The molecule has 1 amide bonds. The van der Waals surface area contributed by atoms with Crippen LogP contribution in [0, 0.1) is 0 Å². The van der Waals surface area contributed by atoms with Crippen molar-refractivity contribution in [3.63, 3.8) is 0 Å². The van der Waals surface area contributed by atoms with Gasteiger partial charge >= 0.3 is 0 Å². The highest BCUT2D eigenvalue weighted by Gasteiger charge is 2.40. The van der Waals surface area contributed by atoms with E-state index in [1.54, 1.807) is 18.2 Å². The predicted octanol–water partition coefficient (Wildman–Crippen LogP) is 5.00. The second-order valence-electron chi connectivity index (χ2n) is 8.01. The fourth-order valence-electron chi connectivity index (χ4n) is 3.80. The summed E-state index contributed by atoms with van der Waals surface area (Å²) >= 11 is 0. The molecule has 1 heterocycles. The molecule has 0 fully saturated rings. The van der Waals surface area contributed by atoms with E-state index in [2.05, 4.69) is 22.7 Å². The lowest BCUT2D eigenvalue weighted by Gasteiger charge is -2.31. The van der Waals surface area contributed by atoms with Crippen molar-refractivity contribution in [3.8, 4) is 16.9 Å². The molecule has 164 valence electrons. The Hall–Kier alpha value is -3.80. The highest BCUT2D eigenvalue weighted by atomic mass is 16.7. The van der Waals surface area contributed by atoms with Crippen molar-refractivity contribution in [2.24, 2.45) is 5.16 Å². The molecule has 6 heteroatoms. The summed E-state index contributed by atoms with van der Waals surface area (Å²) in [5.41, 5.74) is 6.66. The summed E-state index contributed by atoms with van der Waals surface area (Å²) in [7, 11) is 1.61. The summed E-state index contributed by atoms with van der Waals surface area (Å²) in [6.45, 7) is 5.71. The topological polar surface area (TPSA) is 63.2 Å². The predicted molar refractivity (Wildman–Crippen MR) is 125 cm³/mol. The zero-order valence-corrected chi connectivity index (χ0v) is 18.8. The first-order valence-corrected chi connectivity index (χ1v) is 10.6. The molecule has 0 atom stereocenters. The van der Waals surface area contributed by atoms with Gasteiger partial charge in [0.15, 0.2) is 5.84 Å². The molecule has 3 aromatic carbocycles. The van der Waals surface area contributed by atoms with Gasteiger partial charge in [0.05, 0.1) is 7.11 Å². The van der Waals surface area contributed by atoms with Crippen LogP contribution in [0.15, 0.2) is 78.0 Å². The van der Waals surface area contributed by atoms with E-state index in [0.29, 0.717) is 23.6 Å². The number of methoxy groups -OCH3 is 1. The van der Waals surface area contributed by atoms with Gasteiger partial charge in [-0.05, 0) is 43.5 Å². The molecule has 32 heavy (non-hydrogen) atoms. The zero-order chi connectivity index (χ0) is 22.7. The van der Waals surface area contributed by atoms with E-state index < -0.39 is 5.72 Å².